The second kappa shape index (κ2) is 10.5. The minimum atomic E-state index is -0.329. The van der Waals surface area contributed by atoms with E-state index in [2.05, 4.69) is 10.6 Å². The topological polar surface area (TPSA) is 91.0 Å². The third-order valence-corrected chi connectivity index (χ3v) is 5.19. The number of hydrogen-bond donors (Lipinski definition) is 2. The second-order valence-electron chi connectivity index (χ2n) is 7.56. The summed E-state index contributed by atoms with van der Waals surface area (Å²) in [6.45, 7) is 0.866. The first-order valence-electron chi connectivity index (χ1n) is 10.3. The lowest BCUT2D eigenvalue weighted by molar-refractivity contribution is -0.138. The highest BCUT2D eigenvalue weighted by Gasteiger charge is 2.30. The Balaban J connectivity index is 1.52. The number of para-hydroxylation sites is 1. The number of anilines is 2. The average molecular weight is 425 g/mol. The van der Waals surface area contributed by atoms with Gasteiger partial charge in [0.25, 0.3) is 0 Å². The molecule has 2 aromatic carbocycles. The monoisotopic (exact) mass is 424 g/mol. The van der Waals surface area contributed by atoms with E-state index in [1.165, 1.54) is 4.90 Å². The molecule has 1 heterocycles. The Bertz CT molecular complexity index is 919. The molecule has 0 unspecified atom stereocenters. The fraction of sp³-hybridized carbons (Fsp3) is 0.348. The number of ether oxygens (including phenoxy) is 1. The molecule has 8 nitrogen and oxygen atoms in total. The number of nitrogens with one attached hydrogen (secondary N) is 2. The molecule has 0 aromatic heterocycles. The Morgan fingerprint density at radius 2 is 1.81 bits per heavy atom. The number of rotatable bonds is 6. The lowest BCUT2D eigenvalue weighted by Gasteiger charge is -2.33. The van der Waals surface area contributed by atoms with E-state index < -0.39 is 0 Å². The molecule has 2 N–H and O–H groups in total. The van der Waals surface area contributed by atoms with Crippen molar-refractivity contribution in [2.75, 3.05) is 44.4 Å². The molecule has 1 saturated heterocycles. The number of methoxy groups -OCH3 is 1. The van der Waals surface area contributed by atoms with E-state index in [-0.39, 0.29) is 30.3 Å². The van der Waals surface area contributed by atoms with Gasteiger partial charge in [0.15, 0.2) is 0 Å². The highest BCUT2D eigenvalue weighted by molar-refractivity contribution is 5.95. The van der Waals surface area contributed by atoms with Crippen molar-refractivity contribution in [2.45, 2.75) is 12.8 Å². The molecule has 2 aromatic rings. The Morgan fingerprint density at radius 3 is 2.55 bits per heavy atom. The molecule has 1 fully saturated rings. The van der Waals surface area contributed by atoms with Crippen LogP contribution in [0.5, 0.6) is 5.75 Å². The molecule has 164 valence electrons. The Hall–Kier alpha value is -3.55. The molecule has 0 bridgehead atoms. The molecule has 0 aliphatic carbocycles. The number of urea groups is 1. The van der Waals surface area contributed by atoms with Crippen LogP contribution in [0.2, 0.25) is 0 Å². The normalized spacial score (nSPS) is 15.7. The predicted octanol–water partition coefficient (Wildman–Crippen LogP) is 3.04. The smallest absolute Gasteiger partial charge is 0.321 e. The highest BCUT2D eigenvalue weighted by atomic mass is 16.5. The number of hydrogen-bond acceptors (Lipinski definition) is 4. The van der Waals surface area contributed by atoms with Crippen LogP contribution in [0.3, 0.4) is 0 Å². The first-order valence-corrected chi connectivity index (χ1v) is 10.3. The number of carbonyl (C=O) groups is 3. The Kier molecular flexibility index (Phi) is 7.48. The summed E-state index contributed by atoms with van der Waals surface area (Å²) >= 11 is 0. The van der Waals surface area contributed by atoms with Crippen molar-refractivity contribution in [1.82, 2.24) is 9.80 Å². The van der Waals surface area contributed by atoms with Gasteiger partial charge in [-0.25, -0.2) is 4.79 Å². The van der Waals surface area contributed by atoms with Crippen molar-refractivity contribution in [3.63, 3.8) is 0 Å². The minimum absolute atomic E-state index is 0.0667. The molecular formula is C23H28N4O4. The molecule has 0 radical (unpaired) electrons. The maximum Gasteiger partial charge on any atom is 0.321 e. The molecule has 1 aliphatic heterocycles. The summed E-state index contributed by atoms with van der Waals surface area (Å²) in [6, 6.07) is 16.0. The molecule has 1 atom stereocenters. The lowest BCUT2D eigenvalue weighted by atomic mass is 9.97. The number of carbonyl (C=O) groups excluding carboxylic acids is 3. The van der Waals surface area contributed by atoms with Gasteiger partial charge < -0.3 is 25.2 Å². The summed E-state index contributed by atoms with van der Waals surface area (Å²) in [7, 11) is 3.16. The van der Waals surface area contributed by atoms with Crippen LogP contribution < -0.4 is 15.4 Å². The highest BCUT2D eigenvalue weighted by Crippen LogP contribution is 2.20. The molecule has 8 heteroatoms. The molecule has 1 aliphatic rings. The fourth-order valence-corrected chi connectivity index (χ4v) is 3.59. The van der Waals surface area contributed by atoms with Gasteiger partial charge in [0.2, 0.25) is 11.8 Å². The summed E-state index contributed by atoms with van der Waals surface area (Å²) < 4.78 is 5.15. The maximum absolute atomic E-state index is 12.9. The van der Waals surface area contributed by atoms with Crippen LogP contribution in [0.1, 0.15) is 12.8 Å². The standard InChI is InChI=1S/C23H28N4O4/c1-26(16-21(28)24-19-11-6-12-20(14-19)31-2)22(29)17-8-7-13-27(15-17)23(30)25-18-9-4-3-5-10-18/h3-6,9-12,14,17H,7-8,13,15-16H2,1-2H3,(H,24,28)(H,25,30)/t17-/m0/s1. The van der Waals surface area contributed by atoms with E-state index in [4.69, 9.17) is 4.74 Å². The number of likely N-dealkylation sites (N-methyl/N-ethyl adjacent to an activating group) is 1. The van der Waals surface area contributed by atoms with E-state index >= 15 is 0 Å². The van der Waals surface area contributed by atoms with Gasteiger partial charge in [0.1, 0.15) is 5.75 Å². The van der Waals surface area contributed by atoms with Crippen LogP contribution in [-0.4, -0.2) is 61.4 Å². The van der Waals surface area contributed by atoms with Crippen LogP contribution in [0, 0.1) is 5.92 Å². The number of nitrogens with zero attached hydrogens (tertiary/aromatic N) is 2. The van der Waals surface area contributed by atoms with Crippen LogP contribution in [-0.2, 0) is 9.59 Å². The first-order chi connectivity index (χ1) is 15.0. The Labute approximate surface area is 182 Å². The summed E-state index contributed by atoms with van der Waals surface area (Å²) in [5, 5.41) is 5.63. The van der Waals surface area contributed by atoms with Crippen molar-refractivity contribution in [3.8, 4) is 5.75 Å². The lowest BCUT2D eigenvalue weighted by Crippen LogP contribution is -2.48. The molecule has 4 amide bonds. The fourth-order valence-electron chi connectivity index (χ4n) is 3.59. The third kappa shape index (κ3) is 6.21. The van der Waals surface area contributed by atoms with E-state index in [0.29, 0.717) is 36.6 Å². The third-order valence-electron chi connectivity index (χ3n) is 5.19. The zero-order chi connectivity index (χ0) is 22.2. The molecular weight excluding hydrogens is 396 g/mol. The van der Waals surface area contributed by atoms with Gasteiger partial charge in [-0.1, -0.05) is 24.3 Å². The van der Waals surface area contributed by atoms with Crippen molar-refractivity contribution < 1.29 is 19.1 Å². The number of benzene rings is 2. The summed E-state index contributed by atoms with van der Waals surface area (Å²) in [5.74, 6) is -0.125. The average Bonchev–Trinajstić information content (AvgIpc) is 2.79. The quantitative estimate of drug-likeness (QED) is 0.746. The van der Waals surface area contributed by atoms with Gasteiger partial charge >= 0.3 is 6.03 Å². The van der Waals surface area contributed by atoms with Crippen LogP contribution in [0.15, 0.2) is 54.6 Å². The van der Waals surface area contributed by atoms with Crippen LogP contribution >= 0.6 is 0 Å². The molecule has 0 saturated carbocycles. The zero-order valence-corrected chi connectivity index (χ0v) is 17.8. The van der Waals surface area contributed by atoms with Crippen molar-refractivity contribution >= 4 is 29.2 Å². The largest absolute Gasteiger partial charge is 0.497 e. The predicted molar refractivity (Wildman–Crippen MR) is 119 cm³/mol. The summed E-state index contributed by atoms with van der Waals surface area (Å²) in [5.41, 5.74) is 1.32. The summed E-state index contributed by atoms with van der Waals surface area (Å²) in [4.78, 5) is 40.9. The first kappa shape index (κ1) is 22.1. The van der Waals surface area contributed by atoms with E-state index in [9.17, 15) is 14.4 Å². The van der Waals surface area contributed by atoms with Crippen LogP contribution in [0.4, 0.5) is 16.2 Å². The second-order valence-corrected chi connectivity index (χ2v) is 7.56. The van der Waals surface area contributed by atoms with Gasteiger partial charge in [-0.3, -0.25) is 9.59 Å². The number of likely N-dealkylation sites (tertiary alicyclic amines) is 1. The van der Waals surface area contributed by atoms with E-state index in [0.717, 1.165) is 6.42 Å². The van der Waals surface area contributed by atoms with Crippen molar-refractivity contribution in [1.29, 1.82) is 0 Å². The van der Waals surface area contributed by atoms with E-state index in [1.54, 1.807) is 43.3 Å². The summed E-state index contributed by atoms with van der Waals surface area (Å²) in [6.07, 6.45) is 1.43. The number of piperidine rings is 1. The maximum atomic E-state index is 12.9. The minimum Gasteiger partial charge on any atom is -0.497 e. The van der Waals surface area contributed by atoms with Gasteiger partial charge in [-0.15, -0.1) is 0 Å². The van der Waals surface area contributed by atoms with Crippen molar-refractivity contribution in [3.05, 3.63) is 54.6 Å². The molecule has 31 heavy (non-hydrogen) atoms. The van der Waals surface area contributed by atoms with Gasteiger partial charge in [-0.05, 0) is 37.1 Å². The Morgan fingerprint density at radius 1 is 1.06 bits per heavy atom. The van der Waals surface area contributed by atoms with Crippen LogP contribution in [0.25, 0.3) is 0 Å². The van der Waals surface area contributed by atoms with E-state index in [1.807, 2.05) is 30.3 Å². The van der Waals surface area contributed by atoms with Gasteiger partial charge in [0.05, 0.1) is 19.6 Å². The van der Waals surface area contributed by atoms with Crippen molar-refractivity contribution in [2.24, 2.45) is 5.92 Å². The molecule has 3 rings (SSSR count). The number of amides is 4. The SMILES string of the molecule is COc1cccc(NC(=O)CN(C)C(=O)[C@H]2CCCN(C(=O)Nc3ccccc3)C2)c1. The zero-order valence-electron chi connectivity index (χ0n) is 17.8. The molecule has 0 spiro atoms. The van der Waals surface area contributed by atoms with Gasteiger partial charge in [-0.2, -0.15) is 0 Å². The van der Waals surface area contributed by atoms with Gasteiger partial charge in [0, 0.05) is 37.6 Å².